The molecule has 0 bridgehead atoms. The van der Waals surface area contributed by atoms with Gasteiger partial charge in [-0.05, 0) is 18.8 Å². The summed E-state index contributed by atoms with van der Waals surface area (Å²) < 4.78 is 4.60. The quantitative estimate of drug-likeness (QED) is 0.633. The SMILES string of the molecule is COC(=O)C[C@@H](C(=O)C(C)C)C1CC1. The predicted octanol–water partition coefficient (Wildman–Crippen LogP) is 1.80. The minimum atomic E-state index is -0.268. The third-order valence-electron chi connectivity index (χ3n) is 2.74. The number of methoxy groups -OCH3 is 1. The van der Waals surface area contributed by atoms with E-state index < -0.39 is 0 Å². The molecule has 1 saturated carbocycles. The van der Waals surface area contributed by atoms with Crippen molar-refractivity contribution >= 4 is 11.8 Å². The summed E-state index contributed by atoms with van der Waals surface area (Å²) in [6.07, 6.45) is 2.43. The lowest BCUT2D eigenvalue weighted by Gasteiger charge is -2.15. The number of ketones is 1. The Hall–Kier alpha value is -0.860. The van der Waals surface area contributed by atoms with Gasteiger partial charge in [0, 0.05) is 11.8 Å². The van der Waals surface area contributed by atoms with Crippen LogP contribution in [0, 0.1) is 17.8 Å². The molecular weight excluding hydrogens is 180 g/mol. The number of rotatable bonds is 5. The van der Waals surface area contributed by atoms with E-state index in [0.717, 1.165) is 12.8 Å². The highest BCUT2D eigenvalue weighted by Crippen LogP contribution is 2.40. The van der Waals surface area contributed by atoms with Crippen LogP contribution < -0.4 is 0 Å². The molecule has 1 aliphatic rings. The maximum atomic E-state index is 11.8. The Morgan fingerprint density at radius 3 is 2.29 bits per heavy atom. The fourth-order valence-electron chi connectivity index (χ4n) is 1.69. The monoisotopic (exact) mass is 198 g/mol. The number of carbonyl (C=O) groups excluding carboxylic acids is 2. The van der Waals surface area contributed by atoms with Gasteiger partial charge in [0.2, 0.25) is 0 Å². The molecule has 0 saturated heterocycles. The lowest BCUT2D eigenvalue weighted by molar-refractivity contribution is -0.144. The smallest absolute Gasteiger partial charge is 0.306 e. The topological polar surface area (TPSA) is 43.4 Å². The zero-order valence-electron chi connectivity index (χ0n) is 9.08. The molecule has 80 valence electrons. The second-order valence-corrected chi connectivity index (χ2v) is 4.28. The molecule has 0 heterocycles. The van der Waals surface area contributed by atoms with Crippen molar-refractivity contribution in [2.24, 2.45) is 17.8 Å². The summed E-state index contributed by atoms with van der Waals surface area (Å²) in [5.74, 6) is 0.297. The fourth-order valence-corrected chi connectivity index (χ4v) is 1.69. The van der Waals surface area contributed by atoms with Crippen LogP contribution in [0.5, 0.6) is 0 Å². The minimum Gasteiger partial charge on any atom is -0.469 e. The lowest BCUT2D eigenvalue weighted by Crippen LogP contribution is -2.25. The van der Waals surface area contributed by atoms with Gasteiger partial charge in [0.05, 0.1) is 13.5 Å². The molecule has 1 atom stereocenters. The Labute approximate surface area is 84.8 Å². The van der Waals surface area contributed by atoms with Crippen LogP contribution in [0.3, 0.4) is 0 Å². The summed E-state index contributed by atoms with van der Waals surface area (Å²) in [6, 6.07) is 0. The largest absolute Gasteiger partial charge is 0.469 e. The fraction of sp³-hybridized carbons (Fsp3) is 0.818. The van der Waals surface area contributed by atoms with E-state index in [2.05, 4.69) is 4.74 Å². The highest BCUT2D eigenvalue weighted by Gasteiger charge is 2.38. The van der Waals surface area contributed by atoms with Crippen molar-refractivity contribution in [3.05, 3.63) is 0 Å². The molecule has 0 spiro atoms. The zero-order chi connectivity index (χ0) is 10.7. The highest BCUT2D eigenvalue weighted by atomic mass is 16.5. The van der Waals surface area contributed by atoms with Gasteiger partial charge in [-0.3, -0.25) is 9.59 Å². The second-order valence-electron chi connectivity index (χ2n) is 4.28. The summed E-state index contributed by atoms with van der Waals surface area (Å²) in [5, 5.41) is 0. The van der Waals surface area contributed by atoms with Crippen molar-refractivity contribution in [3.8, 4) is 0 Å². The Balaban J connectivity index is 2.55. The molecule has 1 aliphatic carbocycles. The van der Waals surface area contributed by atoms with E-state index in [1.807, 2.05) is 13.8 Å². The van der Waals surface area contributed by atoms with Gasteiger partial charge in [-0.15, -0.1) is 0 Å². The van der Waals surface area contributed by atoms with Crippen LogP contribution in [-0.2, 0) is 14.3 Å². The van der Waals surface area contributed by atoms with E-state index in [-0.39, 0.29) is 30.0 Å². The van der Waals surface area contributed by atoms with Gasteiger partial charge in [-0.1, -0.05) is 13.8 Å². The molecule has 0 radical (unpaired) electrons. The normalized spacial score (nSPS) is 18.0. The third-order valence-corrected chi connectivity index (χ3v) is 2.74. The molecular formula is C11H18O3. The van der Waals surface area contributed by atoms with Crippen molar-refractivity contribution in [1.29, 1.82) is 0 Å². The Morgan fingerprint density at radius 2 is 1.93 bits per heavy atom. The van der Waals surface area contributed by atoms with E-state index in [1.54, 1.807) is 0 Å². The Kier molecular flexibility index (Phi) is 3.67. The molecule has 0 aromatic rings. The molecule has 14 heavy (non-hydrogen) atoms. The van der Waals surface area contributed by atoms with Crippen LogP contribution in [0.25, 0.3) is 0 Å². The molecule has 0 N–H and O–H groups in total. The van der Waals surface area contributed by atoms with Crippen LogP contribution in [0.4, 0.5) is 0 Å². The number of carbonyl (C=O) groups is 2. The van der Waals surface area contributed by atoms with Crippen LogP contribution in [0.15, 0.2) is 0 Å². The molecule has 0 unspecified atom stereocenters. The van der Waals surface area contributed by atoms with Crippen LogP contribution in [-0.4, -0.2) is 18.9 Å². The highest BCUT2D eigenvalue weighted by molar-refractivity contribution is 5.87. The van der Waals surface area contributed by atoms with Gasteiger partial charge in [-0.25, -0.2) is 0 Å². The number of Topliss-reactive ketones (excluding diaryl/α,β-unsaturated/α-hetero) is 1. The molecule has 1 rings (SSSR count). The van der Waals surface area contributed by atoms with Gasteiger partial charge >= 0.3 is 5.97 Å². The molecule has 0 aliphatic heterocycles. The Bertz CT molecular complexity index is 229. The van der Waals surface area contributed by atoms with E-state index in [4.69, 9.17) is 0 Å². The molecule has 3 nitrogen and oxygen atoms in total. The number of esters is 1. The number of hydrogen-bond acceptors (Lipinski definition) is 3. The summed E-state index contributed by atoms with van der Waals surface area (Å²) in [5.41, 5.74) is 0. The second kappa shape index (κ2) is 4.58. The van der Waals surface area contributed by atoms with Gasteiger partial charge in [0.1, 0.15) is 5.78 Å². The number of hydrogen-bond donors (Lipinski definition) is 0. The molecule has 3 heteroatoms. The van der Waals surface area contributed by atoms with Gasteiger partial charge in [0.25, 0.3) is 0 Å². The van der Waals surface area contributed by atoms with Crippen molar-refractivity contribution in [2.75, 3.05) is 7.11 Å². The van der Waals surface area contributed by atoms with E-state index in [0.29, 0.717) is 5.92 Å². The summed E-state index contributed by atoms with van der Waals surface area (Å²) in [7, 11) is 1.37. The van der Waals surface area contributed by atoms with Crippen molar-refractivity contribution < 1.29 is 14.3 Å². The first-order valence-electron chi connectivity index (χ1n) is 5.16. The molecule has 0 amide bonds. The maximum Gasteiger partial charge on any atom is 0.306 e. The van der Waals surface area contributed by atoms with Crippen LogP contribution >= 0.6 is 0 Å². The van der Waals surface area contributed by atoms with Crippen LogP contribution in [0.1, 0.15) is 33.1 Å². The average molecular weight is 198 g/mol. The van der Waals surface area contributed by atoms with Gasteiger partial charge < -0.3 is 4.74 Å². The summed E-state index contributed by atoms with van der Waals surface area (Å²) >= 11 is 0. The zero-order valence-corrected chi connectivity index (χ0v) is 9.08. The molecule has 0 aromatic heterocycles. The van der Waals surface area contributed by atoms with Crippen LogP contribution in [0.2, 0.25) is 0 Å². The number of ether oxygens (including phenoxy) is 1. The summed E-state index contributed by atoms with van der Waals surface area (Å²) in [6.45, 7) is 3.77. The third kappa shape index (κ3) is 2.82. The predicted molar refractivity (Wildman–Crippen MR) is 52.7 cm³/mol. The molecule has 1 fully saturated rings. The van der Waals surface area contributed by atoms with E-state index >= 15 is 0 Å². The first kappa shape index (κ1) is 11.2. The summed E-state index contributed by atoms with van der Waals surface area (Å²) in [4.78, 5) is 22.9. The standard InChI is InChI=1S/C11H18O3/c1-7(2)11(13)9(8-4-5-8)6-10(12)14-3/h7-9H,4-6H2,1-3H3/t9-/m1/s1. The average Bonchev–Trinajstić information content (AvgIpc) is 2.95. The lowest BCUT2D eigenvalue weighted by atomic mass is 9.88. The van der Waals surface area contributed by atoms with Crippen molar-refractivity contribution in [2.45, 2.75) is 33.1 Å². The van der Waals surface area contributed by atoms with E-state index in [9.17, 15) is 9.59 Å². The Morgan fingerprint density at radius 1 is 1.36 bits per heavy atom. The minimum absolute atomic E-state index is 0.0188. The molecule has 0 aromatic carbocycles. The van der Waals surface area contributed by atoms with Crippen molar-refractivity contribution in [1.82, 2.24) is 0 Å². The maximum absolute atomic E-state index is 11.8. The first-order chi connectivity index (χ1) is 6.56. The van der Waals surface area contributed by atoms with Gasteiger partial charge in [0.15, 0.2) is 0 Å². The first-order valence-corrected chi connectivity index (χ1v) is 5.16. The van der Waals surface area contributed by atoms with E-state index in [1.165, 1.54) is 7.11 Å². The van der Waals surface area contributed by atoms with Gasteiger partial charge in [-0.2, -0.15) is 0 Å². The van der Waals surface area contributed by atoms with Crippen molar-refractivity contribution in [3.63, 3.8) is 0 Å².